The van der Waals surface area contributed by atoms with E-state index in [2.05, 4.69) is 5.32 Å². The number of ether oxygens (including phenoxy) is 1. The van der Waals surface area contributed by atoms with E-state index in [4.69, 9.17) is 16.3 Å². The van der Waals surface area contributed by atoms with Gasteiger partial charge >= 0.3 is 12.0 Å². The number of methoxy groups -OCH3 is 1. The Kier molecular flexibility index (Phi) is 5.03. The van der Waals surface area contributed by atoms with Crippen molar-refractivity contribution < 1.29 is 19.4 Å². The van der Waals surface area contributed by atoms with Gasteiger partial charge in [0.25, 0.3) is 0 Å². The quantitative estimate of drug-likeness (QED) is 0.890. The highest BCUT2D eigenvalue weighted by atomic mass is 35.5. The van der Waals surface area contributed by atoms with Crippen LogP contribution in [0.3, 0.4) is 0 Å². The molecule has 0 bridgehead atoms. The van der Waals surface area contributed by atoms with E-state index in [0.717, 1.165) is 6.42 Å². The molecule has 1 aromatic rings. The van der Waals surface area contributed by atoms with Gasteiger partial charge in [-0.05, 0) is 12.5 Å². The number of nitrogens with one attached hydrogen (secondary N) is 1. The standard InChI is InChI=1S/C14H17ClN2O4/c1-21-9-6-7-17(8-9)14(20)16-12(13(18)19)10-4-2-3-5-11(10)15/h2-5,9,12H,6-8H2,1H3,(H,16,20)(H,18,19)/t9?,12-/m1/s1. The van der Waals surface area contributed by atoms with E-state index in [9.17, 15) is 14.7 Å². The molecule has 0 aromatic heterocycles. The van der Waals surface area contributed by atoms with Crippen LogP contribution in [0.2, 0.25) is 5.02 Å². The summed E-state index contributed by atoms with van der Waals surface area (Å²) in [5.41, 5.74) is 0.363. The predicted octanol–water partition coefficient (Wildman–Crippen LogP) is 1.90. The number of rotatable bonds is 4. The van der Waals surface area contributed by atoms with E-state index in [1.165, 1.54) is 0 Å². The topological polar surface area (TPSA) is 78.9 Å². The van der Waals surface area contributed by atoms with Crippen LogP contribution < -0.4 is 5.32 Å². The Labute approximate surface area is 127 Å². The zero-order valence-corrected chi connectivity index (χ0v) is 12.3. The number of carboxylic acids is 1. The summed E-state index contributed by atoms with van der Waals surface area (Å²) >= 11 is 6.00. The molecule has 21 heavy (non-hydrogen) atoms. The summed E-state index contributed by atoms with van der Waals surface area (Å²) < 4.78 is 5.19. The van der Waals surface area contributed by atoms with Crippen molar-refractivity contribution >= 4 is 23.6 Å². The van der Waals surface area contributed by atoms with Gasteiger partial charge in [0, 0.05) is 30.8 Å². The van der Waals surface area contributed by atoms with Gasteiger partial charge in [0.2, 0.25) is 0 Å². The summed E-state index contributed by atoms with van der Waals surface area (Å²) in [5, 5.41) is 12.1. The van der Waals surface area contributed by atoms with Gasteiger partial charge in [-0.25, -0.2) is 9.59 Å². The number of aliphatic carboxylic acids is 1. The molecular formula is C14H17ClN2O4. The second-order valence-corrected chi connectivity index (χ2v) is 5.24. The molecule has 1 unspecified atom stereocenters. The molecule has 2 atom stereocenters. The third-order valence-corrected chi connectivity index (χ3v) is 3.84. The Morgan fingerprint density at radius 1 is 1.48 bits per heavy atom. The Hall–Kier alpha value is -1.79. The van der Waals surface area contributed by atoms with Gasteiger partial charge in [0.05, 0.1) is 6.10 Å². The lowest BCUT2D eigenvalue weighted by atomic mass is 10.1. The van der Waals surface area contributed by atoms with E-state index in [1.807, 2.05) is 0 Å². The number of likely N-dealkylation sites (tertiary alicyclic amines) is 1. The minimum atomic E-state index is -1.17. The molecule has 1 fully saturated rings. The zero-order chi connectivity index (χ0) is 15.4. The molecule has 7 heteroatoms. The molecule has 1 aliphatic rings. The molecule has 0 aliphatic carbocycles. The number of nitrogens with zero attached hydrogens (tertiary/aromatic N) is 1. The lowest BCUT2D eigenvalue weighted by molar-refractivity contribution is -0.139. The normalized spacial score (nSPS) is 19.3. The van der Waals surface area contributed by atoms with Crippen molar-refractivity contribution in [1.82, 2.24) is 10.2 Å². The van der Waals surface area contributed by atoms with Gasteiger partial charge in [-0.3, -0.25) is 0 Å². The number of carbonyl (C=O) groups excluding carboxylic acids is 1. The average Bonchev–Trinajstić information content (AvgIpc) is 2.94. The van der Waals surface area contributed by atoms with Crippen LogP contribution >= 0.6 is 11.6 Å². The van der Waals surface area contributed by atoms with Crippen LogP contribution in [-0.4, -0.2) is 48.3 Å². The molecule has 0 saturated carbocycles. The van der Waals surface area contributed by atoms with E-state index >= 15 is 0 Å². The molecule has 114 valence electrons. The largest absolute Gasteiger partial charge is 0.479 e. The van der Waals surface area contributed by atoms with Crippen LogP contribution in [0.25, 0.3) is 0 Å². The molecule has 1 aliphatic heterocycles. The first-order valence-electron chi connectivity index (χ1n) is 6.58. The summed E-state index contributed by atoms with van der Waals surface area (Å²) in [5.74, 6) is -1.15. The summed E-state index contributed by atoms with van der Waals surface area (Å²) in [4.78, 5) is 25.1. The molecule has 2 rings (SSSR count). The van der Waals surface area contributed by atoms with Gasteiger partial charge in [-0.15, -0.1) is 0 Å². The average molecular weight is 313 g/mol. The Bertz CT molecular complexity index is 537. The SMILES string of the molecule is COC1CCN(C(=O)N[C@@H](C(=O)O)c2ccccc2Cl)C1. The minimum Gasteiger partial charge on any atom is -0.479 e. The Morgan fingerprint density at radius 2 is 2.19 bits per heavy atom. The third kappa shape index (κ3) is 3.65. The van der Waals surface area contributed by atoms with Crippen molar-refractivity contribution in [3.8, 4) is 0 Å². The van der Waals surface area contributed by atoms with Gasteiger partial charge in [-0.2, -0.15) is 0 Å². The smallest absolute Gasteiger partial charge is 0.331 e. The number of urea groups is 1. The van der Waals surface area contributed by atoms with Crippen LogP contribution in [0.15, 0.2) is 24.3 Å². The zero-order valence-electron chi connectivity index (χ0n) is 11.6. The van der Waals surface area contributed by atoms with Crippen molar-refractivity contribution in [2.24, 2.45) is 0 Å². The first-order valence-corrected chi connectivity index (χ1v) is 6.96. The number of hydrogen-bond acceptors (Lipinski definition) is 3. The summed E-state index contributed by atoms with van der Waals surface area (Å²) in [6.07, 6.45) is 0.743. The van der Waals surface area contributed by atoms with Crippen LogP contribution in [-0.2, 0) is 9.53 Å². The van der Waals surface area contributed by atoms with Gasteiger partial charge < -0.3 is 20.1 Å². The fraction of sp³-hybridized carbons (Fsp3) is 0.429. The maximum absolute atomic E-state index is 12.2. The number of halogens is 1. The van der Waals surface area contributed by atoms with Crippen molar-refractivity contribution in [1.29, 1.82) is 0 Å². The second kappa shape index (κ2) is 6.78. The van der Waals surface area contributed by atoms with Crippen LogP contribution in [0, 0.1) is 0 Å². The van der Waals surface area contributed by atoms with Crippen molar-refractivity contribution in [3.63, 3.8) is 0 Å². The van der Waals surface area contributed by atoms with Crippen LogP contribution in [0.4, 0.5) is 4.79 Å². The van der Waals surface area contributed by atoms with E-state index in [1.54, 1.807) is 36.3 Å². The van der Waals surface area contributed by atoms with Crippen molar-refractivity contribution in [3.05, 3.63) is 34.9 Å². The monoisotopic (exact) mass is 312 g/mol. The van der Waals surface area contributed by atoms with Crippen LogP contribution in [0.5, 0.6) is 0 Å². The summed E-state index contributed by atoms with van der Waals surface area (Å²) in [6, 6.07) is 4.96. The van der Waals surface area contributed by atoms with E-state index in [0.29, 0.717) is 23.7 Å². The predicted molar refractivity (Wildman–Crippen MR) is 77.3 cm³/mol. The summed E-state index contributed by atoms with van der Waals surface area (Å²) in [6.45, 7) is 0.996. The fourth-order valence-corrected chi connectivity index (χ4v) is 2.55. The number of carbonyl (C=O) groups is 2. The first-order chi connectivity index (χ1) is 10.0. The Morgan fingerprint density at radius 3 is 2.76 bits per heavy atom. The molecule has 1 heterocycles. The molecule has 1 saturated heterocycles. The van der Waals surface area contributed by atoms with E-state index in [-0.39, 0.29) is 6.10 Å². The van der Waals surface area contributed by atoms with E-state index < -0.39 is 18.0 Å². The minimum absolute atomic E-state index is 0.000610. The summed E-state index contributed by atoms with van der Waals surface area (Å²) in [7, 11) is 1.59. The fourth-order valence-electron chi connectivity index (χ4n) is 2.30. The van der Waals surface area contributed by atoms with Crippen LogP contribution in [0.1, 0.15) is 18.0 Å². The lowest BCUT2D eigenvalue weighted by Crippen LogP contribution is -2.43. The highest BCUT2D eigenvalue weighted by molar-refractivity contribution is 6.31. The van der Waals surface area contributed by atoms with Crippen molar-refractivity contribution in [2.45, 2.75) is 18.6 Å². The third-order valence-electron chi connectivity index (χ3n) is 3.50. The number of amides is 2. The van der Waals surface area contributed by atoms with Crippen molar-refractivity contribution in [2.75, 3.05) is 20.2 Å². The molecule has 1 aromatic carbocycles. The van der Waals surface area contributed by atoms with Gasteiger partial charge in [0.1, 0.15) is 0 Å². The highest BCUT2D eigenvalue weighted by Gasteiger charge is 2.30. The lowest BCUT2D eigenvalue weighted by Gasteiger charge is -2.21. The number of hydrogen-bond donors (Lipinski definition) is 2. The first kappa shape index (κ1) is 15.6. The maximum Gasteiger partial charge on any atom is 0.331 e. The maximum atomic E-state index is 12.2. The molecule has 2 N–H and O–H groups in total. The molecule has 0 radical (unpaired) electrons. The molecule has 2 amide bonds. The molecule has 6 nitrogen and oxygen atoms in total. The second-order valence-electron chi connectivity index (χ2n) is 4.83. The number of carboxylic acid groups (broad SMARTS) is 1. The Balaban J connectivity index is 2.09. The van der Waals surface area contributed by atoms with Gasteiger partial charge in [0.15, 0.2) is 6.04 Å². The number of benzene rings is 1. The highest BCUT2D eigenvalue weighted by Crippen LogP contribution is 2.23. The molecule has 0 spiro atoms. The van der Waals surface area contributed by atoms with Gasteiger partial charge in [-0.1, -0.05) is 29.8 Å². The molecular weight excluding hydrogens is 296 g/mol.